The van der Waals surface area contributed by atoms with Gasteiger partial charge in [0.1, 0.15) is 0 Å². The van der Waals surface area contributed by atoms with Crippen molar-refractivity contribution in [3.05, 3.63) is 33.8 Å². The quantitative estimate of drug-likeness (QED) is 0.712. The Morgan fingerprint density at radius 3 is 2.42 bits per heavy atom. The van der Waals surface area contributed by atoms with Gasteiger partial charge in [-0.2, -0.15) is 0 Å². The number of benzene rings is 1. The van der Waals surface area contributed by atoms with Crippen LogP contribution in [0.3, 0.4) is 0 Å². The molecule has 64 valence electrons. The maximum atomic E-state index is 10.9. The van der Waals surface area contributed by atoms with E-state index in [4.69, 9.17) is 17.3 Å². The molecule has 0 aromatic heterocycles. The summed E-state index contributed by atoms with van der Waals surface area (Å²) in [7, 11) is 0. The molecular formula is C9H10ClNO. The van der Waals surface area contributed by atoms with Crippen LogP contribution in [-0.4, -0.2) is 5.91 Å². The molecule has 0 saturated heterocycles. The number of halogens is 1. The summed E-state index contributed by atoms with van der Waals surface area (Å²) < 4.78 is 0. The molecule has 0 unspecified atom stereocenters. The van der Waals surface area contributed by atoms with Crippen molar-refractivity contribution in [1.82, 2.24) is 0 Å². The molecule has 0 fully saturated rings. The fourth-order valence-electron chi connectivity index (χ4n) is 1.09. The van der Waals surface area contributed by atoms with Crippen LogP contribution in [0.15, 0.2) is 12.1 Å². The predicted octanol–water partition coefficient (Wildman–Crippen LogP) is 2.06. The number of primary amides is 1. The summed E-state index contributed by atoms with van der Waals surface area (Å²) in [5.41, 5.74) is 7.47. The van der Waals surface area contributed by atoms with Crippen molar-refractivity contribution in [3.63, 3.8) is 0 Å². The van der Waals surface area contributed by atoms with E-state index in [1.54, 1.807) is 6.07 Å². The van der Waals surface area contributed by atoms with Crippen molar-refractivity contribution < 1.29 is 4.79 Å². The van der Waals surface area contributed by atoms with Gasteiger partial charge >= 0.3 is 0 Å². The Kier molecular flexibility index (Phi) is 2.38. The number of carbonyl (C=O) groups is 1. The standard InChI is InChI=1S/C9H10ClNO/c1-5-3-4-7(10)8(6(5)2)9(11)12/h3-4H,1-2H3,(H2,11,12). The topological polar surface area (TPSA) is 43.1 Å². The van der Waals surface area contributed by atoms with Crippen molar-refractivity contribution in [2.75, 3.05) is 0 Å². The molecule has 0 aliphatic heterocycles. The summed E-state index contributed by atoms with van der Waals surface area (Å²) in [5.74, 6) is -0.471. The highest BCUT2D eigenvalue weighted by molar-refractivity contribution is 6.34. The van der Waals surface area contributed by atoms with Crippen LogP contribution in [0.5, 0.6) is 0 Å². The van der Waals surface area contributed by atoms with Gasteiger partial charge in [-0.1, -0.05) is 17.7 Å². The van der Waals surface area contributed by atoms with E-state index < -0.39 is 5.91 Å². The van der Waals surface area contributed by atoms with E-state index in [9.17, 15) is 4.79 Å². The first kappa shape index (κ1) is 9.07. The zero-order valence-corrected chi connectivity index (χ0v) is 7.77. The lowest BCUT2D eigenvalue weighted by Crippen LogP contribution is -2.13. The minimum Gasteiger partial charge on any atom is -0.366 e. The normalized spacial score (nSPS) is 9.92. The number of hydrogen-bond acceptors (Lipinski definition) is 1. The summed E-state index contributed by atoms with van der Waals surface area (Å²) in [6.07, 6.45) is 0. The summed E-state index contributed by atoms with van der Waals surface area (Å²) >= 11 is 5.80. The minimum atomic E-state index is -0.471. The summed E-state index contributed by atoms with van der Waals surface area (Å²) in [6, 6.07) is 3.55. The molecule has 12 heavy (non-hydrogen) atoms. The summed E-state index contributed by atoms with van der Waals surface area (Å²) in [5, 5.41) is 0.422. The third-order valence-corrected chi connectivity index (χ3v) is 2.25. The van der Waals surface area contributed by atoms with Gasteiger partial charge in [0, 0.05) is 0 Å². The molecular weight excluding hydrogens is 174 g/mol. The van der Waals surface area contributed by atoms with Gasteiger partial charge < -0.3 is 5.73 Å². The van der Waals surface area contributed by atoms with Crippen molar-refractivity contribution >= 4 is 17.5 Å². The minimum absolute atomic E-state index is 0.422. The summed E-state index contributed by atoms with van der Waals surface area (Å²) in [6.45, 7) is 3.75. The first-order valence-electron chi connectivity index (χ1n) is 3.59. The van der Waals surface area contributed by atoms with E-state index in [1.165, 1.54) is 0 Å². The lowest BCUT2D eigenvalue weighted by Gasteiger charge is -2.06. The maximum Gasteiger partial charge on any atom is 0.250 e. The fourth-order valence-corrected chi connectivity index (χ4v) is 1.38. The van der Waals surface area contributed by atoms with Crippen LogP contribution in [0.1, 0.15) is 21.5 Å². The number of nitrogens with two attached hydrogens (primary N) is 1. The van der Waals surface area contributed by atoms with Crippen LogP contribution in [0.4, 0.5) is 0 Å². The molecule has 0 saturated carbocycles. The van der Waals surface area contributed by atoms with Crippen LogP contribution < -0.4 is 5.73 Å². The Bertz CT molecular complexity index is 334. The van der Waals surface area contributed by atoms with Crippen LogP contribution in [0.25, 0.3) is 0 Å². The van der Waals surface area contributed by atoms with Crippen LogP contribution in [0.2, 0.25) is 5.02 Å². The number of aryl methyl sites for hydroxylation is 1. The van der Waals surface area contributed by atoms with Crippen molar-refractivity contribution in [2.45, 2.75) is 13.8 Å². The second kappa shape index (κ2) is 3.15. The molecule has 0 bridgehead atoms. The van der Waals surface area contributed by atoms with Gasteiger partial charge in [-0.25, -0.2) is 0 Å². The van der Waals surface area contributed by atoms with E-state index in [1.807, 2.05) is 19.9 Å². The van der Waals surface area contributed by atoms with Gasteiger partial charge in [-0.3, -0.25) is 4.79 Å². The fraction of sp³-hybridized carbons (Fsp3) is 0.222. The molecule has 0 aliphatic carbocycles. The van der Waals surface area contributed by atoms with Crippen LogP contribution in [0, 0.1) is 13.8 Å². The SMILES string of the molecule is Cc1ccc(Cl)c(C(N)=O)c1C. The van der Waals surface area contributed by atoms with E-state index in [0.717, 1.165) is 11.1 Å². The number of amides is 1. The number of carbonyl (C=O) groups excluding carboxylic acids is 1. The predicted molar refractivity (Wildman–Crippen MR) is 49.4 cm³/mol. The Morgan fingerprint density at radius 2 is 2.00 bits per heavy atom. The van der Waals surface area contributed by atoms with Crippen molar-refractivity contribution in [2.24, 2.45) is 5.73 Å². The van der Waals surface area contributed by atoms with Gasteiger partial charge in [-0.15, -0.1) is 0 Å². The zero-order chi connectivity index (χ0) is 9.30. The Balaban J connectivity index is 3.43. The molecule has 0 heterocycles. The second-order valence-corrected chi connectivity index (χ2v) is 3.14. The third kappa shape index (κ3) is 1.43. The maximum absolute atomic E-state index is 10.9. The molecule has 1 aromatic carbocycles. The summed E-state index contributed by atoms with van der Waals surface area (Å²) in [4.78, 5) is 10.9. The van der Waals surface area contributed by atoms with Crippen LogP contribution in [-0.2, 0) is 0 Å². The van der Waals surface area contributed by atoms with Gasteiger partial charge in [-0.05, 0) is 31.0 Å². The first-order valence-corrected chi connectivity index (χ1v) is 3.97. The number of hydrogen-bond donors (Lipinski definition) is 1. The second-order valence-electron chi connectivity index (χ2n) is 2.73. The molecule has 1 aromatic rings. The highest BCUT2D eigenvalue weighted by Crippen LogP contribution is 2.21. The van der Waals surface area contributed by atoms with E-state index >= 15 is 0 Å². The number of rotatable bonds is 1. The third-order valence-electron chi connectivity index (χ3n) is 1.93. The zero-order valence-electron chi connectivity index (χ0n) is 7.02. The molecule has 3 heteroatoms. The molecule has 1 amide bonds. The van der Waals surface area contributed by atoms with Crippen LogP contribution >= 0.6 is 11.6 Å². The smallest absolute Gasteiger partial charge is 0.250 e. The average molecular weight is 184 g/mol. The Labute approximate surface area is 76.3 Å². The molecule has 2 nitrogen and oxygen atoms in total. The highest BCUT2D eigenvalue weighted by Gasteiger charge is 2.10. The molecule has 0 aliphatic rings. The van der Waals surface area contributed by atoms with Gasteiger partial charge in [0.25, 0.3) is 0 Å². The lowest BCUT2D eigenvalue weighted by molar-refractivity contribution is 0.1000. The van der Waals surface area contributed by atoms with E-state index in [0.29, 0.717) is 10.6 Å². The first-order chi connectivity index (χ1) is 5.54. The largest absolute Gasteiger partial charge is 0.366 e. The molecule has 0 spiro atoms. The van der Waals surface area contributed by atoms with E-state index in [-0.39, 0.29) is 0 Å². The monoisotopic (exact) mass is 183 g/mol. The van der Waals surface area contributed by atoms with Crippen molar-refractivity contribution in [1.29, 1.82) is 0 Å². The average Bonchev–Trinajstić information content (AvgIpc) is 1.97. The highest BCUT2D eigenvalue weighted by atomic mass is 35.5. The van der Waals surface area contributed by atoms with Gasteiger partial charge in [0.05, 0.1) is 10.6 Å². The molecule has 0 radical (unpaired) electrons. The lowest BCUT2D eigenvalue weighted by atomic mass is 10.0. The molecule has 2 N–H and O–H groups in total. The Hall–Kier alpha value is -1.02. The molecule has 0 atom stereocenters. The van der Waals surface area contributed by atoms with Gasteiger partial charge in [0.2, 0.25) is 5.91 Å². The Morgan fingerprint density at radius 1 is 1.42 bits per heavy atom. The molecule has 1 rings (SSSR count). The van der Waals surface area contributed by atoms with Crippen molar-refractivity contribution in [3.8, 4) is 0 Å². The van der Waals surface area contributed by atoms with Gasteiger partial charge in [0.15, 0.2) is 0 Å². The van der Waals surface area contributed by atoms with E-state index in [2.05, 4.69) is 0 Å².